The van der Waals surface area contributed by atoms with Gasteiger partial charge in [-0.15, -0.1) is 0 Å². The van der Waals surface area contributed by atoms with E-state index in [9.17, 15) is 9.90 Å². The molecule has 11 heavy (non-hydrogen) atoms. The summed E-state index contributed by atoms with van der Waals surface area (Å²) in [5.41, 5.74) is 0. The summed E-state index contributed by atoms with van der Waals surface area (Å²) < 4.78 is 5.09. The van der Waals surface area contributed by atoms with Crippen molar-refractivity contribution in [3.63, 3.8) is 0 Å². The summed E-state index contributed by atoms with van der Waals surface area (Å²) in [6, 6.07) is 0. The summed E-state index contributed by atoms with van der Waals surface area (Å²) >= 11 is 0. The van der Waals surface area contributed by atoms with Gasteiger partial charge in [0.15, 0.2) is 5.79 Å². The van der Waals surface area contributed by atoms with Crippen molar-refractivity contribution in [1.29, 1.82) is 0 Å². The average Bonchev–Trinajstić information content (AvgIpc) is 2.33. The molecule has 1 heterocycles. The molecule has 0 aromatic rings. The Morgan fingerprint density at radius 3 is 2.91 bits per heavy atom. The van der Waals surface area contributed by atoms with Crippen LogP contribution in [0.4, 0.5) is 0 Å². The maximum absolute atomic E-state index is 10.6. The van der Waals surface area contributed by atoms with E-state index in [-0.39, 0.29) is 5.78 Å². The Hall–Kier alpha value is -0.410. The lowest BCUT2D eigenvalue weighted by molar-refractivity contribution is -0.176. The van der Waals surface area contributed by atoms with Crippen LogP contribution in [-0.2, 0) is 9.53 Å². The van der Waals surface area contributed by atoms with E-state index in [2.05, 4.69) is 0 Å². The molecule has 0 radical (unpaired) electrons. The van der Waals surface area contributed by atoms with Crippen LogP contribution in [0.15, 0.2) is 0 Å². The number of hydrogen-bond donors (Lipinski definition) is 1. The Morgan fingerprint density at radius 1 is 1.73 bits per heavy atom. The summed E-state index contributed by atoms with van der Waals surface area (Å²) in [4.78, 5) is 10.6. The second-order valence-corrected chi connectivity index (χ2v) is 3.10. The number of aliphatic hydroxyl groups is 1. The maximum Gasteiger partial charge on any atom is 0.165 e. The molecule has 1 saturated heterocycles. The van der Waals surface area contributed by atoms with Crippen LogP contribution in [0.2, 0.25) is 0 Å². The van der Waals surface area contributed by atoms with Gasteiger partial charge in [0.05, 0.1) is 6.61 Å². The summed E-state index contributed by atoms with van der Waals surface area (Å²) in [6.45, 7) is 2.15. The second kappa shape index (κ2) is 3.32. The van der Waals surface area contributed by atoms with Crippen LogP contribution in [0, 0.1) is 0 Å². The molecule has 0 aromatic heterocycles. The number of Topliss-reactive ketones (excluding diaryl/α,β-unsaturated/α-hetero) is 1. The lowest BCUT2D eigenvalue weighted by atomic mass is 10.1. The Morgan fingerprint density at radius 2 is 2.45 bits per heavy atom. The van der Waals surface area contributed by atoms with E-state index in [1.54, 1.807) is 0 Å². The van der Waals surface area contributed by atoms with Gasteiger partial charge in [-0.05, 0) is 13.3 Å². The monoisotopic (exact) mass is 158 g/mol. The Balaban J connectivity index is 2.28. The fourth-order valence-corrected chi connectivity index (χ4v) is 1.25. The van der Waals surface area contributed by atoms with Crippen molar-refractivity contribution in [3.8, 4) is 0 Å². The van der Waals surface area contributed by atoms with Crippen LogP contribution in [-0.4, -0.2) is 23.3 Å². The molecule has 0 aromatic carbocycles. The van der Waals surface area contributed by atoms with Crippen LogP contribution >= 0.6 is 0 Å². The van der Waals surface area contributed by atoms with Crippen LogP contribution in [0.3, 0.4) is 0 Å². The van der Waals surface area contributed by atoms with Gasteiger partial charge in [0.2, 0.25) is 0 Å². The quantitative estimate of drug-likeness (QED) is 0.662. The molecule has 64 valence electrons. The Bertz CT molecular complexity index is 147. The molecule has 1 fully saturated rings. The highest BCUT2D eigenvalue weighted by molar-refractivity contribution is 5.75. The molecule has 3 nitrogen and oxygen atoms in total. The second-order valence-electron chi connectivity index (χ2n) is 3.10. The van der Waals surface area contributed by atoms with Gasteiger partial charge < -0.3 is 14.6 Å². The largest absolute Gasteiger partial charge is 0.365 e. The van der Waals surface area contributed by atoms with Crippen molar-refractivity contribution in [1.82, 2.24) is 0 Å². The molecule has 0 spiro atoms. The highest BCUT2D eigenvalue weighted by Gasteiger charge is 2.31. The van der Waals surface area contributed by atoms with Crippen LogP contribution in [0.5, 0.6) is 0 Å². The van der Waals surface area contributed by atoms with E-state index in [0.29, 0.717) is 25.9 Å². The molecule has 0 saturated carbocycles. The van der Waals surface area contributed by atoms with Crippen molar-refractivity contribution < 1.29 is 14.6 Å². The molecule has 0 aliphatic carbocycles. The highest BCUT2D eigenvalue weighted by Crippen LogP contribution is 2.27. The number of carbonyl (C=O) groups is 1. The van der Waals surface area contributed by atoms with Crippen LogP contribution in [0.25, 0.3) is 0 Å². The molecule has 1 aliphatic rings. The summed E-state index contributed by atoms with van der Waals surface area (Å²) in [6.07, 6.45) is 2.42. The minimum atomic E-state index is -0.994. The third kappa shape index (κ3) is 2.60. The van der Waals surface area contributed by atoms with Gasteiger partial charge in [0.1, 0.15) is 5.78 Å². The standard InChI is InChI=1S/C8H14O3/c1-7(9)3-5-8(10)4-2-6-11-8/h10H,2-6H2,1H3. The van der Waals surface area contributed by atoms with Crippen molar-refractivity contribution in [2.75, 3.05) is 6.61 Å². The minimum absolute atomic E-state index is 0.105. The van der Waals surface area contributed by atoms with Gasteiger partial charge in [-0.3, -0.25) is 0 Å². The van der Waals surface area contributed by atoms with Crippen molar-refractivity contribution in [3.05, 3.63) is 0 Å². The summed E-state index contributed by atoms with van der Waals surface area (Å²) in [5, 5.41) is 9.57. The third-order valence-corrected chi connectivity index (χ3v) is 1.95. The molecule has 1 unspecified atom stereocenters. The summed E-state index contributed by atoms with van der Waals surface area (Å²) in [5.74, 6) is -0.889. The first-order chi connectivity index (χ1) is 5.12. The van der Waals surface area contributed by atoms with Crippen molar-refractivity contribution in [2.45, 2.75) is 38.4 Å². The highest BCUT2D eigenvalue weighted by atomic mass is 16.6. The van der Waals surface area contributed by atoms with Gasteiger partial charge in [-0.1, -0.05) is 0 Å². The van der Waals surface area contributed by atoms with E-state index in [0.717, 1.165) is 6.42 Å². The molecule has 0 bridgehead atoms. The summed E-state index contributed by atoms with van der Waals surface area (Å²) in [7, 11) is 0. The van der Waals surface area contributed by atoms with Crippen LogP contribution < -0.4 is 0 Å². The van der Waals surface area contributed by atoms with Crippen LogP contribution in [0.1, 0.15) is 32.6 Å². The zero-order chi connectivity index (χ0) is 8.32. The first kappa shape index (κ1) is 8.68. The average molecular weight is 158 g/mol. The molecule has 0 amide bonds. The fourth-order valence-electron chi connectivity index (χ4n) is 1.25. The fraction of sp³-hybridized carbons (Fsp3) is 0.875. The lowest BCUT2D eigenvalue weighted by Gasteiger charge is -2.20. The first-order valence-corrected chi connectivity index (χ1v) is 3.98. The number of carbonyl (C=O) groups excluding carboxylic acids is 1. The zero-order valence-corrected chi connectivity index (χ0v) is 6.80. The van der Waals surface area contributed by atoms with E-state index >= 15 is 0 Å². The Labute approximate surface area is 66.4 Å². The SMILES string of the molecule is CC(=O)CCC1(O)CCCO1. The topological polar surface area (TPSA) is 46.5 Å². The predicted molar refractivity (Wildman–Crippen MR) is 40.1 cm³/mol. The van der Waals surface area contributed by atoms with E-state index in [1.807, 2.05) is 0 Å². The molecule has 1 aliphatic heterocycles. The number of hydrogen-bond acceptors (Lipinski definition) is 3. The van der Waals surface area contributed by atoms with E-state index in [4.69, 9.17) is 4.74 Å². The smallest absolute Gasteiger partial charge is 0.165 e. The molecular formula is C8H14O3. The van der Waals surface area contributed by atoms with Gasteiger partial charge in [0.25, 0.3) is 0 Å². The first-order valence-electron chi connectivity index (χ1n) is 3.98. The van der Waals surface area contributed by atoms with Crippen molar-refractivity contribution >= 4 is 5.78 Å². The molecular weight excluding hydrogens is 144 g/mol. The zero-order valence-electron chi connectivity index (χ0n) is 6.80. The van der Waals surface area contributed by atoms with E-state index < -0.39 is 5.79 Å². The Kier molecular flexibility index (Phi) is 2.62. The molecule has 3 heteroatoms. The number of ketones is 1. The van der Waals surface area contributed by atoms with Crippen molar-refractivity contribution in [2.24, 2.45) is 0 Å². The minimum Gasteiger partial charge on any atom is -0.365 e. The molecule has 1 N–H and O–H groups in total. The normalized spacial score (nSPS) is 30.7. The van der Waals surface area contributed by atoms with E-state index in [1.165, 1.54) is 6.92 Å². The van der Waals surface area contributed by atoms with Gasteiger partial charge in [-0.25, -0.2) is 0 Å². The number of ether oxygens (including phenoxy) is 1. The lowest BCUT2D eigenvalue weighted by Crippen LogP contribution is -2.27. The third-order valence-electron chi connectivity index (χ3n) is 1.95. The predicted octanol–water partition coefficient (Wildman–Crippen LogP) is 0.855. The molecule has 1 atom stereocenters. The molecule has 1 rings (SSSR count). The van der Waals surface area contributed by atoms with Gasteiger partial charge in [0, 0.05) is 19.3 Å². The van der Waals surface area contributed by atoms with Gasteiger partial charge >= 0.3 is 0 Å². The maximum atomic E-state index is 10.6. The number of rotatable bonds is 3. The van der Waals surface area contributed by atoms with Gasteiger partial charge in [-0.2, -0.15) is 0 Å².